The zero-order chi connectivity index (χ0) is 12.4. The quantitative estimate of drug-likeness (QED) is 0.864. The Morgan fingerprint density at radius 2 is 1.94 bits per heavy atom. The monoisotopic (exact) mass is 232 g/mol. The van der Waals surface area contributed by atoms with E-state index in [0.717, 1.165) is 5.69 Å². The fourth-order valence-corrected chi connectivity index (χ4v) is 1.65. The van der Waals surface area contributed by atoms with Crippen LogP contribution in [0.2, 0.25) is 0 Å². The molecule has 1 N–H and O–H groups in total. The molecule has 1 heterocycles. The first-order valence-electron chi connectivity index (χ1n) is 5.30. The summed E-state index contributed by atoms with van der Waals surface area (Å²) in [6, 6.07) is 4.28. The third-order valence-electron chi connectivity index (χ3n) is 2.61. The van der Waals surface area contributed by atoms with Crippen molar-refractivity contribution < 1.29 is 9.50 Å². The molecule has 1 aromatic carbocycles. The average molecular weight is 232 g/mol. The molecule has 1 unspecified atom stereocenters. The Morgan fingerprint density at radius 1 is 1.18 bits per heavy atom. The smallest absolute Gasteiger partial charge is 0.123 e. The molecule has 4 heteroatoms. The second-order valence-corrected chi connectivity index (χ2v) is 3.99. The van der Waals surface area contributed by atoms with Crippen molar-refractivity contribution in [1.29, 1.82) is 0 Å². The van der Waals surface area contributed by atoms with Gasteiger partial charge in [0.1, 0.15) is 11.9 Å². The minimum atomic E-state index is -0.872. The van der Waals surface area contributed by atoms with Crippen LogP contribution in [-0.4, -0.2) is 15.1 Å². The SMILES string of the molecule is Cc1cnc(C(O)c2ccc(F)cc2C)cn1. The van der Waals surface area contributed by atoms with E-state index in [-0.39, 0.29) is 5.82 Å². The molecule has 3 nitrogen and oxygen atoms in total. The molecule has 1 aromatic heterocycles. The van der Waals surface area contributed by atoms with Gasteiger partial charge >= 0.3 is 0 Å². The lowest BCUT2D eigenvalue weighted by molar-refractivity contribution is 0.214. The third-order valence-corrected chi connectivity index (χ3v) is 2.61. The van der Waals surface area contributed by atoms with Gasteiger partial charge in [0.25, 0.3) is 0 Å². The van der Waals surface area contributed by atoms with Crippen molar-refractivity contribution in [3.63, 3.8) is 0 Å². The van der Waals surface area contributed by atoms with E-state index in [9.17, 15) is 9.50 Å². The van der Waals surface area contributed by atoms with Crippen LogP contribution < -0.4 is 0 Å². The lowest BCUT2D eigenvalue weighted by Crippen LogP contribution is -2.05. The molecule has 0 saturated carbocycles. The van der Waals surface area contributed by atoms with E-state index in [1.54, 1.807) is 19.2 Å². The maximum Gasteiger partial charge on any atom is 0.123 e. The molecule has 0 fully saturated rings. The number of aliphatic hydroxyl groups excluding tert-OH is 1. The second kappa shape index (κ2) is 4.59. The van der Waals surface area contributed by atoms with Crippen LogP contribution in [0.4, 0.5) is 4.39 Å². The van der Waals surface area contributed by atoms with Gasteiger partial charge in [0.05, 0.1) is 17.6 Å². The van der Waals surface area contributed by atoms with Crippen LogP contribution in [0.25, 0.3) is 0 Å². The maximum atomic E-state index is 13.0. The van der Waals surface area contributed by atoms with Crippen LogP contribution in [0, 0.1) is 19.7 Å². The highest BCUT2D eigenvalue weighted by molar-refractivity contribution is 5.32. The van der Waals surface area contributed by atoms with Gasteiger partial charge in [-0.1, -0.05) is 6.07 Å². The van der Waals surface area contributed by atoms with Crippen LogP contribution in [0.3, 0.4) is 0 Å². The van der Waals surface area contributed by atoms with Crippen LogP contribution >= 0.6 is 0 Å². The summed E-state index contributed by atoms with van der Waals surface area (Å²) in [4.78, 5) is 8.19. The van der Waals surface area contributed by atoms with E-state index in [1.165, 1.54) is 18.3 Å². The first-order valence-corrected chi connectivity index (χ1v) is 5.30. The molecule has 0 amide bonds. The van der Waals surface area contributed by atoms with Crippen LogP contribution in [-0.2, 0) is 0 Å². The number of halogens is 1. The summed E-state index contributed by atoms with van der Waals surface area (Å²) in [5.41, 5.74) is 2.59. The van der Waals surface area contributed by atoms with Crippen molar-refractivity contribution in [3.05, 3.63) is 58.9 Å². The van der Waals surface area contributed by atoms with Crippen molar-refractivity contribution in [2.75, 3.05) is 0 Å². The van der Waals surface area contributed by atoms with E-state index in [0.29, 0.717) is 16.8 Å². The summed E-state index contributed by atoms with van der Waals surface area (Å²) in [5, 5.41) is 10.1. The van der Waals surface area contributed by atoms with Gasteiger partial charge in [-0.2, -0.15) is 0 Å². The highest BCUT2D eigenvalue weighted by atomic mass is 19.1. The molecule has 0 radical (unpaired) electrons. The zero-order valence-corrected chi connectivity index (χ0v) is 9.68. The minimum Gasteiger partial charge on any atom is -0.382 e. The largest absolute Gasteiger partial charge is 0.382 e. The predicted octanol–water partition coefficient (Wildman–Crippen LogP) is 2.31. The van der Waals surface area contributed by atoms with Gasteiger partial charge in [0, 0.05) is 6.20 Å². The Kier molecular flexibility index (Phi) is 3.15. The first kappa shape index (κ1) is 11.7. The Morgan fingerprint density at radius 3 is 2.53 bits per heavy atom. The first-order chi connectivity index (χ1) is 8.08. The second-order valence-electron chi connectivity index (χ2n) is 3.99. The van der Waals surface area contributed by atoms with Gasteiger partial charge in [-0.3, -0.25) is 9.97 Å². The van der Waals surface area contributed by atoms with Crippen molar-refractivity contribution in [1.82, 2.24) is 9.97 Å². The van der Waals surface area contributed by atoms with Crippen molar-refractivity contribution >= 4 is 0 Å². The number of nitrogens with zero attached hydrogens (tertiary/aromatic N) is 2. The molecule has 0 spiro atoms. The molecular weight excluding hydrogens is 219 g/mol. The van der Waals surface area contributed by atoms with Gasteiger partial charge in [0.2, 0.25) is 0 Å². The van der Waals surface area contributed by atoms with E-state index in [4.69, 9.17) is 0 Å². The number of aliphatic hydroxyl groups is 1. The van der Waals surface area contributed by atoms with E-state index in [2.05, 4.69) is 9.97 Å². The summed E-state index contributed by atoms with van der Waals surface area (Å²) in [5.74, 6) is -0.312. The van der Waals surface area contributed by atoms with E-state index >= 15 is 0 Å². The summed E-state index contributed by atoms with van der Waals surface area (Å²) in [7, 11) is 0. The third kappa shape index (κ3) is 2.47. The maximum absolute atomic E-state index is 13.0. The zero-order valence-electron chi connectivity index (χ0n) is 9.68. The van der Waals surface area contributed by atoms with Gasteiger partial charge in [-0.25, -0.2) is 4.39 Å². The number of hydrogen-bond donors (Lipinski definition) is 1. The van der Waals surface area contributed by atoms with Crippen LogP contribution in [0.15, 0.2) is 30.6 Å². The molecule has 0 saturated heterocycles. The minimum absolute atomic E-state index is 0.312. The van der Waals surface area contributed by atoms with Crippen LogP contribution in [0.5, 0.6) is 0 Å². The van der Waals surface area contributed by atoms with Gasteiger partial charge in [-0.05, 0) is 37.1 Å². The topological polar surface area (TPSA) is 46.0 Å². The van der Waals surface area contributed by atoms with Gasteiger partial charge < -0.3 is 5.11 Å². The Hall–Kier alpha value is -1.81. The molecule has 0 aliphatic carbocycles. The molecular formula is C13H13FN2O. The molecule has 1 atom stereocenters. The molecule has 0 aliphatic rings. The van der Waals surface area contributed by atoms with E-state index in [1.807, 2.05) is 6.92 Å². The normalized spacial score (nSPS) is 12.5. The molecule has 88 valence electrons. The van der Waals surface area contributed by atoms with Crippen molar-refractivity contribution in [2.45, 2.75) is 20.0 Å². The molecule has 2 aromatic rings. The fourth-order valence-electron chi connectivity index (χ4n) is 1.65. The number of aromatic nitrogens is 2. The number of hydrogen-bond acceptors (Lipinski definition) is 3. The molecule has 17 heavy (non-hydrogen) atoms. The summed E-state index contributed by atoms with van der Waals surface area (Å²) >= 11 is 0. The molecule has 2 rings (SSSR count). The van der Waals surface area contributed by atoms with Gasteiger partial charge in [-0.15, -0.1) is 0 Å². The summed E-state index contributed by atoms with van der Waals surface area (Å²) in [6.45, 7) is 3.58. The number of benzene rings is 1. The average Bonchev–Trinajstić information content (AvgIpc) is 2.29. The Bertz CT molecular complexity index is 525. The van der Waals surface area contributed by atoms with Gasteiger partial charge in [0.15, 0.2) is 0 Å². The molecule has 0 bridgehead atoms. The summed E-state index contributed by atoms with van der Waals surface area (Å²) in [6.07, 6.45) is 2.25. The van der Waals surface area contributed by atoms with Crippen LogP contribution in [0.1, 0.15) is 28.6 Å². The highest BCUT2D eigenvalue weighted by Gasteiger charge is 2.14. The summed E-state index contributed by atoms with van der Waals surface area (Å²) < 4.78 is 13.0. The van der Waals surface area contributed by atoms with E-state index < -0.39 is 6.10 Å². The predicted molar refractivity (Wildman–Crippen MR) is 62.0 cm³/mol. The van der Waals surface area contributed by atoms with Crippen molar-refractivity contribution in [2.24, 2.45) is 0 Å². The lowest BCUT2D eigenvalue weighted by atomic mass is 10.0. The van der Waals surface area contributed by atoms with Crippen molar-refractivity contribution in [3.8, 4) is 0 Å². The lowest BCUT2D eigenvalue weighted by Gasteiger charge is -2.13. The highest BCUT2D eigenvalue weighted by Crippen LogP contribution is 2.23. The number of aryl methyl sites for hydroxylation is 2. The Labute approximate surface area is 99.0 Å². The molecule has 0 aliphatic heterocycles. The standard InChI is InChI=1S/C13H13FN2O/c1-8-5-10(14)3-4-11(8)13(17)12-7-15-9(2)6-16-12/h3-7,13,17H,1-2H3. The number of rotatable bonds is 2. The fraction of sp³-hybridized carbons (Fsp3) is 0.231. The Balaban J connectivity index is 2.36.